The number of carbonyl (C=O) groups is 1. The summed E-state index contributed by atoms with van der Waals surface area (Å²) < 4.78 is 28.3. The summed E-state index contributed by atoms with van der Waals surface area (Å²) in [5.74, 6) is -1.61. The van der Waals surface area contributed by atoms with Crippen LogP contribution >= 0.6 is 0 Å². The van der Waals surface area contributed by atoms with Gasteiger partial charge in [-0.15, -0.1) is 0 Å². The van der Waals surface area contributed by atoms with Gasteiger partial charge in [-0.25, -0.2) is 8.78 Å². The number of Topliss-reactive ketones (excluding diaryl/α,β-unsaturated/α-hetero) is 1. The molecule has 0 bridgehead atoms. The minimum Gasteiger partial charge on any atom is -0.299 e. The van der Waals surface area contributed by atoms with Crippen molar-refractivity contribution in [1.82, 2.24) is 9.78 Å². The zero-order valence-corrected chi connectivity index (χ0v) is 9.86. The number of carbonyl (C=O) groups excluding carboxylic acids is 1. The summed E-state index contributed by atoms with van der Waals surface area (Å²) in [6.45, 7) is 0. The number of hydrogen-bond donors (Lipinski definition) is 0. The molecule has 3 nitrogen and oxygen atoms in total. The fourth-order valence-corrected chi connectivity index (χ4v) is 1.75. The first-order chi connectivity index (χ1) is 8.56. The Kier molecular flexibility index (Phi) is 3.50. The first-order valence-electron chi connectivity index (χ1n) is 5.48. The van der Waals surface area contributed by atoms with Gasteiger partial charge >= 0.3 is 0 Å². The molecule has 0 aliphatic carbocycles. The Morgan fingerprint density at radius 3 is 2.50 bits per heavy atom. The lowest BCUT2D eigenvalue weighted by Crippen LogP contribution is -2.09. The van der Waals surface area contributed by atoms with Crippen LogP contribution in [0.15, 0.2) is 30.6 Å². The Bertz CT molecular complexity index is 558. The number of ketones is 1. The Morgan fingerprint density at radius 1 is 1.28 bits per heavy atom. The normalized spacial score (nSPS) is 10.6. The molecule has 1 aromatic heterocycles. The highest BCUT2D eigenvalue weighted by Gasteiger charge is 2.13. The number of hydrogen-bond acceptors (Lipinski definition) is 2. The second-order valence-electron chi connectivity index (χ2n) is 4.11. The van der Waals surface area contributed by atoms with Gasteiger partial charge < -0.3 is 0 Å². The van der Waals surface area contributed by atoms with E-state index in [1.165, 1.54) is 6.07 Å². The molecule has 0 aliphatic heterocycles. The van der Waals surface area contributed by atoms with Gasteiger partial charge in [-0.2, -0.15) is 5.10 Å². The van der Waals surface area contributed by atoms with Gasteiger partial charge in [0.2, 0.25) is 0 Å². The fourth-order valence-electron chi connectivity index (χ4n) is 1.75. The Labute approximate surface area is 103 Å². The fraction of sp³-hybridized carbons (Fsp3) is 0.231. The molecule has 0 saturated heterocycles. The maximum atomic E-state index is 13.3. The highest BCUT2D eigenvalue weighted by molar-refractivity contribution is 5.83. The number of rotatable bonds is 4. The summed E-state index contributed by atoms with van der Waals surface area (Å²) in [7, 11) is 1.74. The van der Waals surface area contributed by atoms with Gasteiger partial charge in [-0.1, -0.05) is 6.07 Å². The predicted octanol–water partition coefficient (Wildman–Crippen LogP) is 2.05. The lowest BCUT2D eigenvalue weighted by molar-refractivity contribution is -0.117. The van der Waals surface area contributed by atoms with Crippen molar-refractivity contribution in [3.8, 4) is 0 Å². The van der Waals surface area contributed by atoms with Crippen LogP contribution < -0.4 is 0 Å². The van der Waals surface area contributed by atoms with Crippen LogP contribution in [0, 0.1) is 11.6 Å². The molecule has 0 radical (unpaired) electrons. The summed E-state index contributed by atoms with van der Waals surface area (Å²) in [5.41, 5.74) is 0.561. The molecule has 5 heteroatoms. The van der Waals surface area contributed by atoms with Gasteiger partial charge in [0.05, 0.1) is 6.20 Å². The minimum absolute atomic E-state index is 0.127. The van der Waals surface area contributed by atoms with Crippen LogP contribution in [-0.4, -0.2) is 15.6 Å². The van der Waals surface area contributed by atoms with Crippen LogP contribution in [0.4, 0.5) is 8.78 Å². The van der Waals surface area contributed by atoms with E-state index in [9.17, 15) is 13.6 Å². The van der Waals surface area contributed by atoms with E-state index in [1.54, 1.807) is 24.1 Å². The van der Waals surface area contributed by atoms with E-state index < -0.39 is 11.6 Å². The van der Waals surface area contributed by atoms with Crippen LogP contribution in [0.1, 0.15) is 11.1 Å². The third-order valence-corrected chi connectivity index (χ3v) is 2.60. The molecule has 2 aromatic rings. The standard InChI is InChI=1S/C13H12F2N2O/c1-17-8-9(7-16-17)5-10(18)6-11-12(14)3-2-4-13(11)15/h2-4,7-8H,5-6H2,1H3. The molecule has 0 unspecified atom stereocenters. The van der Waals surface area contributed by atoms with Gasteiger partial charge in [0.1, 0.15) is 17.4 Å². The highest BCUT2D eigenvalue weighted by atomic mass is 19.1. The van der Waals surface area contributed by atoms with Gasteiger partial charge in [-0.3, -0.25) is 9.48 Å². The van der Waals surface area contributed by atoms with Crippen LogP contribution in [0.25, 0.3) is 0 Å². The van der Waals surface area contributed by atoms with E-state index >= 15 is 0 Å². The Hall–Kier alpha value is -2.04. The second-order valence-corrected chi connectivity index (χ2v) is 4.11. The molecule has 18 heavy (non-hydrogen) atoms. The summed E-state index contributed by atoms with van der Waals surface area (Å²) in [5, 5.41) is 3.93. The number of halogens is 2. The van der Waals surface area contributed by atoms with Gasteiger partial charge in [-0.05, 0) is 17.7 Å². The molecule has 0 fully saturated rings. The maximum Gasteiger partial charge on any atom is 0.141 e. The largest absolute Gasteiger partial charge is 0.299 e. The Morgan fingerprint density at radius 2 is 1.94 bits per heavy atom. The topological polar surface area (TPSA) is 34.9 Å². The number of aromatic nitrogens is 2. The van der Waals surface area contributed by atoms with E-state index in [1.807, 2.05) is 0 Å². The molecule has 0 atom stereocenters. The number of aryl methyl sites for hydroxylation is 1. The highest BCUT2D eigenvalue weighted by Crippen LogP contribution is 2.14. The van der Waals surface area contributed by atoms with Crippen molar-refractivity contribution in [2.75, 3.05) is 0 Å². The van der Waals surface area contributed by atoms with Gasteiger partial charge in [0.15, 0.2) is 0 Å². The SMILES string of the molecule is Cn1cc(CC(=O)Cc2c(F)cccc2F)cn1. The molecule has 0 saturated carbocycles. The average Bonchev–Trinajstić information content (AvgIpc) is 2.69. The summed E-state index contributed by atoms with van der Waals surface area (Å²) >= 11 is 0. The van der Waals surface area contributed by atoms with Crippen LogP contribution in [0.2, 0.25) is 0 Å². The molecule has 0 amide bonds. The van der Waals surface area contributed by atoms with E-state index in [-0.39, 0.29) is 24.2 Å². The van der Waals surface area contributed by atoms with E-state index in [0.717, 1.165) is 17.7 Å². The smallest absolute Gasteiger partial charge is 0.141 e. The van der Waals surface area contributed by atoms with Crippen LogP contribution in [0.3, 0.4) is 0 Å². The van der Waals surface area contributed by atoms with Crippen molar-refractivity contribution in [2.45, 2.75) is 12.8 Å². The third kappa shape index (κ3) is 2.80. The zero-order valence-electron chi connectivity index (χ0n) is 9.86. The van der Waals surface area contributed by atoms with Gasteiger partial charge in [0.25, 0.3) is 0 Å². The van der Waals surface area contributed by atoms with Gasteiger partial charge in [0, 0.05) is 31.6 Å². The van der Waals surface area contributed by atoms with E-state index in [4.69, 9.17) is 0 Å². The summed E-state index contributed by atoms with van der Waals surface area (Å²) in [6, 6.07) is 3.57. The quantitative estimate of drug-likeness (QED) is 0.832. The van der Waals surface area contributed by atoms with Crippen molar-refractivity contribution in [3.05, 3.63) is 53.4 Å². The lowest BCUT2D eigenvalue weighted by atomic mass is 10.0. The molecule has 0 N–H and O–H groups in total. The monoisotopic (exact) mass is 250 g/mol. The zero-order chi connectivity index (χ0) is 13.1. The molecule has 1 aromatic carbocycles. The minimum atomic E-state index is -0.686. The molecule has 0 spiro atoms. The maximum absolute atomic E-state index is 13.3. The molecule has 1 heterocycles. The van der Waals surface area contributed by atoms with Crippen LogP contribution in [-0.2, 0) is 24.7 Å². The summed E-state index contributed by atoms with van der Waals surface area (Å²) in [4.78, 5) is 11.7. The second kappa shape index (κ2) is 5.08. The van der Waals surface area contributed by atoms with E-state index in [0.29, 0.717) is 0 Å². The van der Waals surface area contributed by atoms with Crippen molar-refractivity contribution in [1.29, 1.82) is 0 Å². The molecule has 94 valence electrons. The molecule has 2 rings (SSSR count). The van der Waals surface area contributed by atoms with E-state index in [2.05, 4.69) is 5.10 Å². The molecular formula is C13H12F2N2O. The lowest BCUT2D eigenvalue weighted by Gasteiger charge is -2.03. The molecular weight excluding hydrogens is 238 g/mol. The van der Waals surface area contributed by atoms with Crippen molar-refractivity contribution >= 4 is 5.78 Å². The first-order valence-corrected chi connectivity index (χ1v) is 5.48. The van der Waals surface area contributed by atoms with Crippen molar-refractivity contribution in [3.63, 3.8) is 0 Å². The first kappa shape index (κ1) is 12.4. The van der Waals surface area contributed by atoms with Crippen LogP contribution in [0.5, 0.6) is 0 Å². The van der Waals surface area contributed by atoms with Crippen molar-refractivity contribution in [2.24, 2.45) is 7.05 Å². The Balaban J connectivity index is 2.08. The predicted molar refractivity (Wildman–Crippen MR) is 62.0 cm³/mol. The number of benzene rings is 1. The summed E-state index contributed by atoms with van der Waals surface area (Å²) in [6.07, 6.45) is 3.15. The molecule has 0 aliphatic rings. The number of nitrogens with zero attached hydrogens (tertiary/aromatic N) is 2. The third-order valence-electron chi connectivity index (χ3n) is 2.60. The van der Waals surface area contributed by atoms with Crippen molar-refractivity contribution < 1.29 is 13.6 Å². The average molecular weight is 250 g/mol.